The smallest absolute Gasteiger partial charge is 0.123 e. The normalized spacial score (nSPS) is 10.7. The zero-order valence-electron chi connectivity index (χ0n) is 11.7. The number of nitrogens with one attached hydrogen (secondary N) is 1. The molecule has 3 rings (SSSR count). The van der Waals surface area contributed by atoms with Gasteiger partial charge in [0.05, 0.1) is 8.07 Å². The van der Waals surface area contributed by atoms with Crippen molar-refractivity contribution in [1.29, 1.82) is 0 Å². The SMILES string of the molecule is Fc1ccc(P(Nc2ccccc2)c2ccc(F)cc2)cc1. The molecular formula is C18H14F2NP. The molecule has 0 saturated heterocycles. The number of rotatable bonds is 4. The van der Waals surface area contributed by atoms with Gasteiger partial charge in [0.25, 0.3) is 0 Å². The fourth-order valence-electron chi connectivity index (χ4n) is 2.10. The summed E-state index contributed by atoms with van der Waals surface area (Å²) in [5, 5.41) is 5.43. The molecule has 1 N–H and O–H groups in total. The van der Waals surface area contributed by atoms with Crippen molar-refractivity contribution in [2.75, 3.05) is 5.09 Å². The van der Waals surface area contributed by atoms with E-state index in [1.807, 2.05) is 30.3 Å². The van der Waals surface area contributed by atoms with Crippen LogP contribution >= 0.6 is 8.07 Å². The van der Waals surface area contributed by atoms with Gasteiger partial charge in [-0.2, -0.15) is 0 Å². The summed E-state index contributed by atoms with van der Waals surface area (Å²) in [6, 6.07) is 22.6. The van der Waals surface area contributed by atoms with Gasteiger partial charge in [0.1, 0.15) is 11.6 Å². The molecule has 0 unspecified atom stereocenters. The first-order chi connectivity index (χ1) is 10.7. The maximum atomic E-state index is 13.2. The Morgan fingerprint density at radius 3 is 1.50 bits per heavy atom. The van der Waals surface area contributed by atoms with Crippen molar-refractivity contribution in [1.82, 2.24) is 0 Å². The fourth-order valence-corrected chi connectivity index (χ4v) is 3.96. The molecule has 0 saturated carbocycles. The monoisotopic (exact) mass is 313 g/mol. The first kappa shape index (κ1) is 14.7. The zero-order chi connectivity index (χ0) is 15.4. The van der Waals surface area contributed by atoms with Crippen molar-refractivity contribution in [3.8, 4) is 0 Å². The average molecular weight is 313 g/mol. The molecule has 4 heteroatoms. The van der Waals surface area contributed by atoms with Crippen molar-refractivity contribution >= 4 is 24.4 Å². The van der Waals surface area contributed by atoms with Crippen molar-refractivity contribution in [3.05, 3.63) is 90.5 Å². The highest BCUT2D eigenvalue weighted by Gasteiger charge is 2.14. The van der Waals surface area contributed by atoms with Gasteiger partial charge in [0.15, 0.2) is 0 Å². The van der Waals surface area contributed by atoms with Crippen LogP contribution in [-0.4, -0.2) is 0 Å². The average Bonchev–Trinajstić information content (AvgIpc) is 2.56. The summed E-state index contributed by atoms with van der Waals surface area (Å²) in [5.74, 6) is -0.532. The van der Waals surface area contributed by atoms with E-state index in [4.69, 9.17) is 0 Å². The molecule has 22 heavy (non-hydrogen) atoms. The van der Waals surface area contributed by atoms with Gasteiger partial charge in [0, 0.05) is 16.3 Å². The van der Waals surface area contributed by atoms with Gasteiger partial charge in [-0.3, -0.25) is 0 Å². The molecule has 0 bridgehead atoms. The van der Waals surface area contributed by atoms with Crippen molar-refractivity contribution in [3.63, 3.8) is 0 Å². The van der Waals surface area contributed by atoms with Crippen LogP contribution in [0.2, 0.25) is 0 Å². The highest BCUT2D eigenvalue weighted by Crippen LogP contribution is 2.34. The molecule has 0 aromatic heterocycles. The molecule has 0 amide bonds. The summed E-state index contributed by atoms with van der Waals surface area (Å²) >= 11 is 0. The lowest BCUT2D eigenvalue weighted by Gasteiger charge is -2.21. The maximum absolute atomic E-state index is 13.2. The minimum atomic E-state index is -0.935. The third-order valence-corrected chi connectivity index (χ3v) is 5.30. The van der Waals surface area contributed by atoms with Gasteiger partial charge in [0.2, 0.25) is 0 Å². The molecule has 0 spiro atoms. The highest BCUT2D eigenvalue weighted by molar-refractivity contribution is 7.74. The largest absolute Gasteiger partial charge is 0.357 e. The molecule has 110 valence electrons. The van der Waals surface area contributed by atoms with Crippen molar-refractivity contribution in [2.24, 2.45) is 0 Å². The molecule has 0 radical (unpaired) electrons. The van der Waals surface area contributed by atoms with E-state index in [1.54, 1.807) is 24.3 Å². The standard InChI is InChI=1S/C18H14F2NP/c19-14-6-10-17(11-7-14)22(18-12-8-15(20)9-13-18)21-16-4-2-1-3-5-16/h1-13,21H. The van der Waals surface area contributed by atoms with Crippen LogP contribution in [0.25, 0.3) is 0 Å². The number of anilines is 1. The molecule has 0 aliphatic carbocycles. The summed E-state index contributed by atoms with van der Waals surface area (Å²) in [5.41, 5.74) is 0.974. The Morgan fingerprint density at radius 1 is 0.591 bits per heavy atom. The summed E-state index contributed by atoms with van der Waals surface area (Å²) in [7, 11) is -0.935. The van der Waals surface area contributed by atoms with E-state index < -0.39 is 8.07 Å². The van der Waals surface area contributed by atoms with E-state index in [-0.39, 0.29) is 11.6 Å². The van der Waals surface area contributed by atoms with Crippen LogP contribution in [0, 0.1) is 11.6 Å². The van der Waals surface area contributed by atoms with Crippen LogP contribution in [0.15, 0.2) is 78.9 Å². The number of hydrogen-bond donors (Lipinski definition) is 1. The number of halogens is 2. The molecule has 0 heterocycles. The zero-order valence-corrected chi connectivity index (χ0v) is 12.6. The van der Waals surface area contributed by atoms with Gasteiger partial charge in [-0.1, -0.05) is 18.2 Å². The molecule has 0 fully saturated rings. The molecule has 0 atom stereocenters. The Balaban J connectivity index is 1.97. The van der Waals surface area contributed by atoms with Crippen LogP contribution in [0.4, 0.5) is 14.5 Å². The van der Waals surface area contributed by atoms with Crippen LogP contribution in [0.5, 0.6) is 0 Å². The number of hydrogen-bond acceptors (Lipinski definition) is 1. The second kappa shape index (κ2) is 6.67. The molecule has 3 aromatic rings. The molecule has 3 aromatic carbocycles. The van der Waals surface area contributed by atoms with Gasteiger partial charge < -0.3 is 5.09 Å². The lowest BCUT2D eigenvalue weighted by molar-refractivity contribution is 0.628. The highest BCUT2D eigenvalue weighted by atomic mass is 31.1. The fraction of sp³-hybridized carbons (Fsp3) is 0. The predicted octanol–water partition coefficient (Wildman–Crippen LogP) is 4.42. The van der Waals surface area contributed by atoms with E-state index in [0.717, 1.165) is 16.3 Å². The van der Waals surface area contributed by atoms with Crippen molar-refractivity contribution < 1.29 is 8.78 Å². The third kappa shape index (κ3) is 3.49. The minimum Gasteiger partial charge on any atom is -0.357 e. The Kier molecular flexibility index (Phi) is 4.45. The number of benzene rings is 3. The quantitative estimate of drug-likeness (QED) is 0.703. The lowest BCUT2D eigenvalue weighted by Crippen LogP contribution is -2.17. The maximum Gasteiger partial charge on any atom is 0.123 e. The van der Waals surface area contributed by atoms with Gasteiger partial charge in [-0.15, -0.1) is 0 Å². The van der Waals surface area contributed by atoms with E-state index in [0.29, 0.717) is 0 Å². The Bertz CT molecular complexity index is 682. The second-order valence-corrected chi connectivity index (χ2v) is 6.69. The Hall–Kier alpha value is -2.25. The van der Waals surface area contributed by atoms with Gasteiger partial charge in [-0.25, -0.2) is 8.78 Å². The molecule has 0 aliphatic rings. The Labute approximate surface area is 129 Å². The van der Waals surface area contributed by atoms with Gasteiger partial charge >= 0.3 is 0 Å². The topological polar surface area (TPSA) is 12.0 Å². The van der Waals surface area contributed by atoms with Crippen LogP contribution in [-0.2, 0) is 0 Å². The summed E-state index contributed by atoms with van der Waals surface area (Å²) in [6.07, 6.45) is 0. The summed E-state index contributed by atoms with van der Waals surface area (Å²) in [6.45, 7) is 0. The summed E-state index contributed by atoms with van der Waals surface area (Å²) < 4.78 is 26.3. The molecule has 0 aliphatic heterocycles. The first-order valence-corrected chi connectivity index (χ1v) is 8.19. The van der Waals surface area contributed by atoms with Gasteiger partial charge in [-0.05, 0) is 60.7 Å². The summed E-state index contributed by atoms with van der Waals surface area (Å²) in [4.78, 5) is 0. The van der Waals surface area contributed by atoms with E-state index in [9.17, 15) is 8.78 Å². The predicted molar refractivity (Wildman–Crippen MR) is 89.1 cm³/mol. The third-order valence-electron chi connectivity index (χ3n) is 3.18. The van der Waals surface area contributed by atoms with E-state index in [1.165, 1.54) is 24.3 Å². The lowest BCUT2D eigenvalue weighted by atomic mass is 10.3. The van der Waals surface area contributed by atoms with E-state index >= 15 is 0 Å². The van der Waals surface area contributed by atoms with Crippen LogP contribution < -0.4 is 15.7 Å². The van der Waals surface area contributed by atoms with Crippen LogP contribution in [0.3, 0.4) is 0 Å². The van der Waals surface area contributed by atoms with Crippen LogP contribution in [0.1, 0.15) is 0 Å². The Morgan fingerprint density at radius 2 is 1.05 bits per heavy atom. The minimum absolute atomic E-state index is 0.266. The van der Waals surface area contributed by atoms with E-state index in [2.05, 4.69) is 5.09 Å². The van der Waals surface area contributed by atoms with Crippen molar-refractivity contribution in [2.45, 2.75) is 0 Å². The number of para-hydroxylation sites is 1. The molecular weight excluding hydrogens is 299 g/mol. The first-order valence-electron chi connectivity index (χ1n) is 6.85. The second-order valence-electron chi connectivity index (χ2n) is 4.77. The molecule has 1 nitrogen and oxygen atoms in total.